The van der Waals surface area contributed by atoms with E-state index in [0.29, 0.717) is 32.1 Å². The molecule has 0 aromatic heterocycles. The van der Waals surface area contributed by atoms with Crippen LogP contribution in [-0.4, -0.2) is 56.6 Å². The maximum absolute atomic E-state index is 9.56. The minimum atomic E-state index is -1.33. The molecule has 4 atom stereocenters. The van der Waals surface area contributed by atoms with Gasteiger partial charge in [-0.25, -0.2) is 0 Å². The number of unbranched alkanes of at least 4 members (excludes halogenated alkanes) is 1. The first-order valence-corrected chi connectivity index (χ1v) is 5.87. The molecule has 0 aliphatic heterocycles. The molecule has 0 aliphatic rings. The molecule has 0 aromatic rings. The molecule has 0 amide bonds. The normalized spacial score (nSPS) is 19.1. The van der Waals surface area contributed by atoms with Crippen LogP contribution >= 0.6 is 0 Å². The van der Waals surface area contributed by atoms with Gasteiger partial charge < -0.3 is 25.5 Å². The molecule has 5 N–H and O–H groups in total. The van der Waals surface area contributed by atoms with Crippen molar-refractivity contribution in [2.24, 2.45) is 0 Å². The summed E-state index contributed by atoms with van der Waals surface area (Å²) in [6, 6.07) is 0. The number of hydrogen-bond donors (Lipinski definition) is 5. The Morgan fingerprint density at radius 2 is 1.31 bits per heavy atom. The molecule has 5 nitrogen and oxygen atoms in total. The first-order chi connectivity index (χ1) is 7.54. The van der Waals surface area contributed by atoms with Gasteiger partial charge in [-0.1, -0.05) is 13.3 Å². The molecule has 0 saturated carbocycles. The van der Waals surface area contributed by atoms with Crippen LogP contribution in [0.5, 0.6) is 0 Å². The summed E-state index contributed by atoms with van der Waals surface area (Å²) in [7, 11) is 0. The molecular weight excluding hydrogens is 212 g/mol. The van der Waals surface area contributed by atoms with E-state index < -0.39 is 24.4 Å². The lowest BCUT2D eigenvalue weighted by atomic mass is 9.97. The van der Waals surface area contributed by atoms with Crippen LogP contribution in [-0.2, 0) is 0 Å². The smallest absolute Gasteiger partial charge is 0.108 e. The molecular formula is C11H24O5. The first-order valence-electron chi connectivity index (χ1n) is 5.87. The van der Waals surface area contributed by atoms with Crippen molar-refractivity contribution in [1.29, 1.82) is 0 Å². The third kappa shape index (κ3) is 5.77. The highest BCUT2D eigenvalue weighted by Crippen LogP contribution is 2.13. The molecule has 0 bridgehead atoms. The molecule has 0 heterocycles. The fourth-order valence-electron chi connectivity index (χ4n) is 1.56. The van der Waals surface area contributed by atoms with Crippen molar-refractivity contribution in [2.75, 3.05) is 6.61 Å². The van der Waals surface area contributed by atoms with Crippen LogP contribution in [0.3, 0.4) is 0 Å². The lowest BCUT2D eigenvalue weighted by molar-refractivity contribution is -0.108. The van der Waals surface area contributed by atoms with Crippen molar-refractivity contribution in [3.05, 3.63) is 0 Å². The van der Waals surface area contributed by atoms with Gasteiger partial charge in [0.2, 0.25) is 0 Å². The summed E-state index contributed by atoms with van der Waals surface area (Å²) in [6.45, 7) is 1.91. The Bertz CT molecular complexity index is 164. The maximum atomic E-state index is 9.56. The predicted molar refractivity (Wildman–Crippen MR) is 59.9 cm³/mol. The van der Waals surface area contributed by atoms with E-state index in [1.807, 2.05) is 6.92 Å². The fourth-order valence-corrected chi connectivity index (χ4v) is 1.56. The van der Waals surface area contributed by atoms with Gasteiger partial charge in [-0.3, -0.25) is 0 Å². The molecule has 0 fully saturated rings. The highest BCUT2D eigenvalue weighted by Gasteiger charge is 2.29. The van der Waals surface area contributed by atoms with Crippen molar-refractivity contribution >= 4 is 0 Å². The lowest BCUT2D eigenvalue weighted by Crippen LogP contribution is -2.44. The van der Waals surface area contributed by atoms with Crippen LogP contribution in [0.1, 0.15) is 39.0 Å². The number of hydrogen-bond acceptors (Lipinski definition) is 5. The first kappa shape index (κ1) is 15.8. The zero-order chi connectivity index (χ0) is 12.6. The molecule has 0 aromatic carbocycles. The van der Waals surface area contributed by atoms with Gasteiger partial charge in [-0.05, 0) is 25.7 Å². The van der Waals surface area contributed by atoms with Crippen molar-refractivity contribution in [1.82, 2.24) is 0 Å². The Balaban J connectivity index is 3.94. The van der Waals surface area contributed by atoms with E-state index >= 15 is 0 Å². The van der Waals surface area contributed by atoms with Crippen LogP contribution in [0.2, 0.25) is 0 Å². The van der Waals surface area contributed by atoms with Gasteiger partial charge in [0.25, 0.3) is 0 Å². The van der Waals surface area contributed by atoms with Crippen LogP contribution in [0.25, 0.3) is 0 Å². The standard InChI is InChI=1S/C11H24O5/c1-2-5-8(13)10(15)11(16)9(14)6-3-4-7-12/h8-16H,2-7H2,1H3/t8-,9-,10+,11+/m0/s1. The van der Waals surface area contributed by atoms with E-state index in [-0.39, 0.29) is 6.61 Å². The van der Waals surface area contributed by atoms with Crippen LogP contribution in [0, 0.1) is 0 Å². The van der Waals surface area contributed by atoms with Crippen LogP contribution < -0.4 is 0 Å². The Hall–Kier alpha value is -0.200. The second-order valence-electron chi connectivity index (χ2n) is 4.12. The summed E-state index contributed by atoms with van der Waals surface area (Å²) >= 11 is 0. The lowest BCUT2D eigenvalue weighted by Gasteiger charge is -2.26. The highest BCUT2D eigenvalue weighted by atomic mass is 16.4. The van der Waals surface area contributed by atoms with E-state index in [1.165, 1.54) is 0 Å². The third-order valence-electron chi connectivity index (χ3n) is 2.63. The van der Waals surface area contributed by atoms with E-state index in [1.54, 1.807) is 0 Å². The Labute approximate surface area is 96.4 Å². The van der Waals surface area contributed by atoms with Gasteiger partial charge in [-0.2, -0.15) is 0 Å². The summed E-state index contributed by atoms with van der Waals surface area (Å²) in [5.41, 5.74) is 0. The van der Waals surface area contributed by atoms with Gasteiger partial charge in [-0.15, -0.1) is 0 Å². The molecule has 98 valence electrons. The maximum Gasteiger partial charge on any atom is 0.108 e. The van der Waals surface area contributed by atoms with Gasteiger partial charge in [0, 0.05) is 6.61 Å². The zero-order valence-electron chi connectivity index (χ0n) is 9.79. The number of aliphatic hydroxyl groups excluding tert-OH is 5. The minimum absolute atomic E-state index is 0.0455. The Morgan fingerprint density at radius 3 is 1.75 bits per heavy atom. The predicted octanol–water partition coefficient (Wildman–Crippen LogP) is -0.607. The van der Waals surface area contributed by atoms with Gasteiger partial charge >= 0.3 is 0 Å². The molecule has 0 aliphatic carbocycles. The minimum Gasteiger partial charge on any atom is -0.396 e. The van der Waals surface area contributed by atoms with E-state index in [4.69, 9.17) is 5.11 Å². The second-order valence-corrected chi connectivity index (χ2v) is 4.12. The third-order valence-corrected chi connectivity index (χ3v) is 2.63. The quantitative estimate of drug-likeness (QED) is 0.344. The van der Waals surface area contributed by atoms with Gasteiger partial charge in [0.1, 0.15) is 12.2 Å². The topological polar surface area (TPSA) is 101 Å². The summed E-state index contributed by atoms with van der Waals surface area (Å²) in [5.74, 6) is 0. The monoisotopic (exact) mass is 236 g/mol. The fraction of sp³-hybridized carbons (Fsp3) is 1.00. The molecule has 0 spiro atoms. The number of rotatable bonds is 9. The van der Waals surface area contributed by atoms with Crippen molar-refractivity contribution < 1.29 is 25.5 Å². The van der Waals surface area contributed by atoms with Crippen molar-refractivity contribution in [3.8, 4) is 0 Å². The van der Waals surface area contributed by atoms with E-state index in [9.17, 15) is 20.4 Å². The van der Waals surface area contributed by atoms with Crippen LogP contribution in [0.4, 0.5) is 0 Å². The number of aliphatic hydroxyl groups is 5. The average molecular weight is 236 g/mol. The molecule has 5 heteroatoms. The average Bonchev–Trinajstić information content (AvgIpc) is 2.27. The highest BCUT2D eigenvalue weighted by molar-refractivity contribution is 4.80. The second kappa shape index (κ2) is 8.90. The molecule has 16 heavy (non-hydrogen) atoms. The Kier molecular flexibility index (Phi) is 8.78. The summed E-state index contributed by atoms with van der Waals surface area (Å²) in [5, 5.41) is 46.6. The van der Waals surface area contributed by atoms with Gasteiger partial charge in [0.15, 0.2) is 0 Å². The van der Waals surface area contributed by atoms with E-state index in [2.05, 4.69) is 0 Å². The summed E-state index contributed by atoms with van der Waals surface area (Å²) in [6.07, 6.45) is -2.20. The molecule has 0 radical (unpaired) electrons. The zero-order valence-corrected chi connectivity index (χ0v) is 9.79. The Morgan fingerprint density at radius 1 is 0.812 bits per heavy atom. The largest absolute Gasteiger partial charge is 0.396 e. The molecule has 0 unspecified atom stereocenters. The van der Waals surface area contributed by atoms with Crippen LogP contribution in [0.15, 0.2) is 0 Å². The van der Waals surface area contributed by atoms with Crippen molar-refractivity contribution in [2.45, 2.75) is 63.4 Å². The van der Waals surface area contributed by atoms with Gasteiger partial charge in [0.05, 0.1) is 12.2 Å². The molecule has 0 rings (SSSR count). The van der Waals surface area contributed by atoms with E-state index in [0.717, 1.165) is 0 Å². The SMILES string of the molecule is CCC[C@H](O)[C@@H](O)[C@H](O)[C@@H](O)CCCCO. The van der Waals surface area contributed by atoms with Crippen molar-refractivity contribution in [3.63, 3.8) is 0 Å². The summed E-state index contributed by atoms with van der Waals surface area (Å²) < 4.78 is 0. The summed E-state index contributed by atoms with van der Waals surface area (Å²) in [4.78, 5) is 0. The molecule has 0 saturated heterocycles.